The third-order valence-electron chi connectivity index (χ3n) is 3.80. The first-order valence-electron chi connectivity index (χ1n) is 8.12. The Morgan fingerprint density at radius 3 is 2.71 bits per heavy atom. The molecule has 1 fully saturated rings. The molecule has 130 valence electrons. The van der Waals surface area contributed by atoms with Crippen molar-refractivity contribution < 1.29 is 19.1 Å². The molecule has 1 atom stereocenters. The maximum Gasteiger partial charge on any atom is 0.323 e. The van der Waals surface area contributed by atoms with Crippen LogP contribution >= 0.6 is 0 Å². The molecule has 0 bridgehead atoms. The molecule has 3 amide bonds. The Morgan fingerprint density at radius 2 is 2.00 bits per heavy atom. The molecule has 2 N–H and O–H groups in total. The number of nitrogens with one attached hydrogen (secondary N) is 2. The average Bonchev–Trinajstić information content (AvgIpc) is 3.01. The van der Waals surface area contributed by atoms with Gasteiger partial charge < -0.3 is 10.1 Å². The third kappa shape index (κ3) is 5.34. The zero-order valence-electron chi connectivity index (χ0n) is 13.8. The molecule has 0 radical (unpaired) electrons. The van der Waals surface area contributed by atoms with E-state index in [0.29, 0.717) is 19.5 Å². The molecule has 0 spiro atoms. The van der Waals surface area contributed by atoms with Gasteiger partial charge in [-0.1, -0.05) is 30.3 Å². The Morgan fingerprint density at radius 1 is 1.25 bits per heavy atom. The Bertz CT molecular complexity index is 576. The molecule has 0 saturated carbocycles. The number of hydrogen-bond donors (Lipinski definition) is 2. The Kier molecular flexibility index (Phi) is 6.74. The summed E-state index contributed by atoms with van der Waals surface area (Å²) in [5.41, 5.74) is 0.921. The lowest BCUT2D eigenvalue weighted by Gasteiger charge is -2.22. The summed E-state index contributed by atoms with van der Waals surface area (Å²) in [7, 11) is 0. The lowest BCUT2D eigenvalue weighted by Crippen LogP contribution is -2.47. The topological polar surface area (TPSA) is 87.7 Å². The highest BCUT2D eigenvalue weighted by molar-refractivity contribution is 5.95. The number of amides is 3. The molecule has 1 aliphatic rings. The van der Waals surface area contributed by atoms with E-state index in [2.05, 4.69) is 10.6 Å². The van der Waals surface area contributed by atoms with Gasteiger partial charge in [-0.3, -0.25) is 19.8 Å². The van der Waals surface area contributed by atoms with Crippen LogP contribution in [0.15, 0.2) is 30.3 Å². The summed E-state index contributed by atoms with van der Waals surface area (Å²) >= 11 is 0. The van der Waals surface area contributed by atoms with E-state index in [4.69, 9.17) is 4.74 Å². The number of rotatable bonds is 6. The molecule has 0 aromatic heterocycles. The summed E-state index contributed by atoms with van der Waals surface area (Å²) in [4.78, 5) is 37.2. The van der Waals surface area contributed by atoms with Crippen LogP contribution in [0, 0.1) is 0 Å². The van der Waals surface area contributed by atoms with Crippen LogP contribution in [0.2, 0.25) is 0 Å². The van der Waals surface area contributed by atoms with Crippen LogP contribution in [0.3, 0.4) is 0 Å². The summed E-state index contributed by atoms with van der Waals surface area (Å²) in [6.45, 7) is 3.06. The van der Waals surface area contributed by atoms with Gasteiger partial charge in [0.15, 0.2) is 0 Å². The fourth-order valence-corrected chi connectivity index (χ4v) is 2.66. The molecule has 0 aliphatic carbocycles. The minimum absolute atomic E-state index is 0.00222. The van der Waals surface area contributed by atoms with Crippen LogP contribution in [0.1, 0.15) is 25.3 Å². The predicted octanol–water partition coefficient (Wildman–Crippen LogP) is 1.04. The first kappa shape index (κ1) is 17.9. The highest BCUT2D eigenvalue weighted by Crippen LogP contribution is 2.18. The van der Waals surface area contributed by atoms with Gasteiger partial charge in [0.1, 0.15) is 12.6 Å². The Labute approximate surface area is 141 Å². The number of hydrogen-bond acceptors (Lipinski definition) is 5. The molecule has 0 unspecified atom stereocenters. The van der Waals surface area contributed by atoms with Gasteiger partial charge in [0.25, 0.3) is 0 Å². The number of likely N-dealkylation sites (tertiary alicyclic amines) is 1. The van der Waals surface area contributed by atoms with Gasteiger partial charge in [-0.15, -0.1) is 0 Å². The molecule has 1 saturated heterocycles. The number of carbonyl (C=O) groups excluding carboxylic acids is 3. The Balaban J connectivity index is 1.82. The van der Waals surface area contributed by atoms with Crippen molar-refractivity contribution in [3.8, 4) is 0 Å². The number of imide groups is 1. The largest absolute Gasteiger partial charge is 0.460 e. The lowest BCUT2D eigenvalue weighted by atomic mass is 10.2. The quantitative estimate of drug-likeness (QED) is 0.760. The molecule has 2 rings (SSSR count). The second-order valence-electron chi connectivity index (χ2n) is 5.63. The molecule has 1 aliphatic heterocycles. The number of esters is 1. The van der Waals surface area contributed by atoms with E-state index in [9.17, 15) is 14.4 Å². The molecule has 1 heterocycles. The summed E-state index contributed by atoms with van der Waals surface area (Å²) in [6, 6.07) is 8.49. The fraction of sp³-hybridized carbons (Fsp3) is 0.471. The normalized spacial score (nSPS) is 17.3. The smallest absolute Gasteiger partial charge is 0.323 e. The van der Waals surface area contributed by atoms with Crippen LogP contribution in [-0.4, -0.2) is 48.5 Å². The van der Waals surface area contributed by atoms with Gasteiger partial charge in [-0.25, -0.2) is 4.79 Å². The third-order valence-corrected chi connectivity index (χ3v) is 3.80. The summed E-state index contributed by atoms with van der Waals surface area (Å²) < 4.78 is 5.35. The minimum Gasteiger partial charge on any atom is -0.460 e. The summed E-state index contributed by atoms with van der Waals surface area (Å²) in [5, 5.41) is 4.74. The van der Waals surface area contributed by atoms with E-state index in [1.165, 1.54) is 0 Å². The van der Waals surface area contributed by atoms with E-state index in [1.54, 1.807) is 11.8 Å². The maximum absolute atomic E-state index is 12.3. The average molecular weight is 333 g/mol. The number of carbonyl (C=O) groups is 3. The van der Waals surface area contributed by atoms with E-state index in [0.717, 1.165) is 12.0 Å². The van der Waals surface area contributed by atoms with Crippen molar-refractivity contribution in [3.63, 3.8) is 0 Å². The minimum atomic E-state index is -0.523. The fourth-order valence-electron chi connectivity index (χ4n) is 2.66. The molecule has 24 heavy (non-hydrogen) atoms. The predicted molar refractivity (Wildman–Crippen MR) is 88.0 cm³/mol. The second-order valence-corrected chi connectivity index (χ2v) is 5.63. The van der Waals surface area contributed by atoms with E-state index in [-0.39, 0.29) is 19.1 Å². The first-order chi connectivity index (χ1) is 11.6. The second kappa shape index (κ2) is 9.02. The highest BCUT2D eigenvalue weighted by atomic mass is 16.5. The summed E-state index contributed by atoms with van der Waals surface area (Å²) in [5.74, 6) is -0.758. The number of benzene rings is 1. The number of nitrogens with zero attached hydrogens (tertiary/aromatic N) is 1. The zero-order valence-corrected chi connectivity index (χ0v) is 13.8. The molecular weight excluding hydrogens is 310 g/mol. The van der Waals surface area contributed by atoms with Gasteiger partial charge in [0, 0.05) is 6.54 Å². The van der Waals surface area contributed by atoms with Gasteiger partial charge >= 0.3 is 12.0 Å². The first-order valence-corrected chi connectivity index (χ1v) is 8.12. The van der Waals surface area contributed by atoms with E-state index >= 15 is 0 Å². The lowest BCUT2D eigenvalue weighted by molar-refractivity contribution is -0.150. The van der Waals surface area contributed by atoms with Crippen LogP contribution in [0.25, 0.3) is 0 Å². The van der Waals surface area contributed by atoms with Crippen molar-refractivity contribution in [2.75, 3.05) is 19.6 Å². The van der Waals surface area contributed by atoms with Crippen molar-refractivity contribution in [2.24, 2.45) is 0 Å². The SMILES string of the molecule is CCNC(=O)NC(=O)CN1CCC[C@H]1C(=O)OCc1ccccc1. The van der Waals surface area contributed by atoms with Crippen molar-refractivity contribution >= 4 is 17.9 Å². The maximum atomic E-state index is 12.3. The van der Waals surface area contributed by atoms with Crippen molar-refractivity contribution in [2.45, 2.75) is 32.4 Å². The standard InChI is InChI=1S/C17H23N3O4/c1-2-18-17(23)19-15(21)11-20-10-6-9-14(20)16(22)24-12-13-7-4-3-5-8-13/h3-5,7-8,14H,2,6,9-12H2,1H3,(H2,18,19,21,23)/t14-/m0/s1. The molecular formula is C17H23N3O4. The van der Waals surface area contributed by atoms with Gasteiger partial charge in [-0.05, 0) is 31.9 Å². The molecule has 1 aromatic carbocycles. The van der Waals surface area contributed by atoms with Crippen LogP contribution in [-0.2, 0) is 20.9 Å². The van der Waals surface area contributed by atoms with Crippen molar-refractivity contribution in [1.29, 1.82) is 0 Å². The molecule has 7 heteroatoms. The zero-order chi connectivity index (χ0) is 17.4. The molecule has 1 aromatic rings. The van der Waals surface area contributed by atoms with Crippen LogP contribution in [0.4, 0.5) is 4.79 Å². The molecule has 7 nitrogen and oxygen atoms in total. The summed E-state index contributed by atoms with van der Waals surface area (Å²) in [6.07, 6.45) is 1.47. The number of ether oxygens (including phenoxy) is 1. The van der Waals surface area contributed by atoms with Crippen LogP contribution < -0.4 is 10.6 Å². The van der Waals surface area contributed by atoms with Crippen LogP contribution in [0.5, 0.6) is 0 Å². The van der Waals surface area contributed by atoms with E-state index in [1.807, 2.05) is 30.3 Å². The van der Waals surface area contributed by atoms with Crippen molar-refractivity contribution in [1.82, 2.24) is 15.5 Å². The van der Waals surface area contributed by atoms with Crippen molar-refractivity contribution in [3.05, 3.63) is 35.9 Å². The monoisotopic (exact) mass is 333 g/mol. The van der Waals surface area contributed by atoms with E-state index < -0.39 is 18.0 Å². The number of urea groups is 1. The Hall–Kier alpha value is -2.41. The highest BCUT2D eigenvalue weighted by Gasteiger charge is 2.33. The van der Waals surface area contributed by atoms with Gasteiger partial charge in [0.2, 0.25) is 5.91 Å². The van der Waals surface area contributed by atoms with Gasteiger partial charge in [-0.2, -0.15) is 0 Å². The van der Waals surface area contributed by atoms with Gasteiger partial charge in [0.05, 0.1) is 6.54 Å².